The van der Waals surface area contributed by atoms with Crippen LogP contribution in [0.3, 0.4) is 0 Å². The number of halogens is 2. The van der Waals surface area contributed by atoms with Crippen LogP contribution in [-0.4, -0.2) is 63.3 Å². The number of nitrogens with two attached hydrogens (primary N) is 1. The molecule has 3 aromatic carbocycles. The average molecular weight is 641 g/mol. The molecule has 1 fully saturated rings. The molecule has 1 saturated heterocycles. The smallest absolute Gasteiger partial charge is 0.228 e. The number of primary amides is 1. The Morgan fingerprint density at radius 2 is 1.55 bits per heavy atom. The van der Waals surface area contributed by atoms with Gasteiger partial charge in [0.25, 0.3) is 0 Å². The van der Waals surface area contributed by atoms with Crippen molar-refractivity contribution in [2.75, 3.05) is 41.0 Å². The zero-order valence-electron chi connectivity index (χ0n) is 25.5. The molecule has 1 aliphatic heterocycles. The zero-order chi connectivity index (χ0) is 32.1. The van der Waals surface area contributed by atoms with E-state index in [2.05, 4.69) is 4.90 Å². The zero-order valence-corrected chi connectivity index (χ0v) is 27.1. The van der Waals surface area contributed by atoms with Gasteiger partial charge in [0.2, 0.25) is 17.4 Å². The van der Waals surface area contributed by atoms with Crippen molar-refractivity contribution in [1.82, 2.24) is 4.90 Å². The summed E-state index contributed by atoms with van der Waals surface area (Å²) < 4.78 is 16.2. The second-order valence-corrected chi connectivity index (χ2v) is 12.3. The lowest BCUT2D eigenvalue weighted by atomic mass is 9.71. The molecule has 1 aliphatic rings. The number of methoxy groups -OCH3 is 3. The van der Waals surface area contributed by atoms with Crippen LogP contribution in [0.5, 0.6) is 17.2 Å². The summed E-state index contributed by atoms with van der Waals surface area (Å²) in [5, 5.41) is 9.76. The van der Waals surface area contributed by atoms with E-state index in [9.17, 15) is 9.59 Å². The molecule has 44 heavy (non-hydrogen) atoms. The maximum atomic E-state index is 13.6. The fraction of sp³-hybridized carbons (Fsp3) is 0.382. The first-order chi connectivity index (χ1) is 21.0. The summed E-state index contributed by atoms with van der Waals surface area (Å²) in [4.78, 5) is 28.6. The number of carbonyl (C=O) groups is 2. The van der Waals surface area contributed by atoms with Gasteiger partial charge in [-0.25, -0.2) is 0 Å². The molecule has 0 bridgehead atoms. The molecule has 1 amide bonds. The largest absolute Gasteiger partial charge is 0.493 e. The number of ether oxygens (including phenoxy) is 3. The Bertz CT molecular complexity index is 1500. The summed E-state index contributed by atoms with van der Waals surface area (Å²) >= 11 is 12.7. The Morgan fingerprint density at radius 3 is 2.07 bits per heavy atom. The molecular weight excluding hydrogens is 601 g/mol. The quantitative estimate of drug-likeness (QED) is 0.163. The number of nitrogens with one attached hydrogen (secondary N) is 1. The normalized spacial score (nSPS) is 16.0. The minimum absolute atomic E-state index is 0.0664. The molecule has 8 nitrogen and oxygen atoms in total. The molecule has 3 aromatic rings. The van der Waals surface area contributed by atoms with Crippen LogP contribution in [0.4, 0.5) is 0 Å². The number of likely N-dealkylation sites (tertiary alicyclic amines) is 1. The van der Waals surface area contributed by atoms with E-state index in [1.165, 1.54) is 21.3 Å². The third kappa shape index (κ3) is 6.88. The van der Waals surface area contributed by atoms with Crippen LogP contribution in [0, 0.1) is 5.41 Å². The lowest BCUT2D eigenvalue weighted by molar-refractivity contribution is -0.125. The lowest BCUT2D eigenvalue weighted by Crippen LogP contribution is -2.50. The molecular formula is C34H39Cl2N3O5. The van der Waals surface area contributed by atoms with E-state index < -0.39 is 16.6 Å². The molecule has 0 aromatic heterocycles. The number of ketones is 1. The molecule has 1 unspecified atom stereocenters. The first kappa shape index (κ1) is 33.3. The fourth-order valence-electron chi connectivity index (χ4n) is 6.06. The summed E-state index contributed by atoms with van der Waals surface area (Å²) in [5.41, 5.74) is 6.66. The summed E-state index contributed by atoms with van der Waals surface area (Å²) in [7, 11) is 4.45. The number of nitrogens with zero attached hydrogens (tertiary/aromatic N) is 1. The highest BCUT2D eigenvalue weighted by molar-refractivity contribution is 6.45. The van der Waals surface area contributed by atoms with Gasteiger partial charge < -0.3 is 30.3 Å². The summed E-state index contributed by atoms with van der Waals surface area (Å²) in [6, 6.07) is 18.3. The third-order valence-corrected chi connectivity index (χ3v) is 9.61. The highest BCUT2D eigenvalue weighted by Gasteiger charge is 2.42. The summed E-state index contributed by atoms with van der Waals surface area (Å²) in [6.45, 7) is 4.10. The Balaban J connectivity index is 1.56. The summed E-state index contributed by atoms with van der Waals surface area (Å²) in [5.74, 6) is 0.295. The van der Waals surface area contributed by atoms with Crippen molar-refractivity contribution in [2.45, 2.75) is 43.4 Å². The van der Waals surface area contributed by atoms with E-state index in [1.807, 2.05) is 49.4 Å². The van der Waals surface area contributed by atoms with Crippen LogP contribution in [-0.2, 0) is 15.6 Å². The van der Waals surface area contributed by atoms with Crippen molar-refractivity contribution in [3.8, 4) is 17.2 Å². The number of amides is 1. The van der Waals surface area contributed by atoms with Crippen molar-refractivity contribution < 1.29 is 23.8 Å². The summed E-state index contributed by atoms with van der Waals surface area (Å²) in [6.07, 6.45) is 2.02. The predicted octanol–water partition coefficient (Wildman–Crippen LogP) is 6.48. The molecule has 4 rings (SSSR count). The monoisotopic (exact) mass is 639 g/mol. The van der Waals surface area contributed by atoms with E-state index in [1.54, 1.807) is 18.2 Å². The highest BCUT2D eigenvalue weighted by Crippen LogP contribution is 2.41. The molecule has 0 spiro atoms. The predicted molar refractivity (Wildman–Crippen MR) is 174 cm³/mol. The first-order valence-corrected chi connectivity index (χ1v) is 15.2. The highest BCUT2D eigenvalue weighted by atomic mass is 35.5. The standard InChI is InChI=1S/C34H39Cl2N3O5/c1-33(24-10-11-25(35)26(36)20-24,21-27(37)30(40)22-18-28(42-2)31(44-4)29(19-22)43-3)12-15-39-16-13-34(14-17-39,32(38)41)23-8-6-5-7-9-23/h5-11,18-20,37H,12-17,21H2,1-4H3,(H2,38,41). The molecule has 1 atom stereocenters. The molecule has 0 radical (unpaired) electrons. The lowest BCUT2D eigenvalue weighted by Gasteiger charge is -2.41. The van der Waals surface area contributed by atoms with Crippen molar-refractivity contribution in [3.05, 3.63) is 87.4 Å². The van der Waals surface area contributed by atoms with Crippen LogP contribution in [0.1, 0.15) is 54.1 Å². The number of Topliss-reactive ketones (excluding diaryl/α,β-unsaturated/α-hetero) is 1. The van der Waals surface area contributed by atoms with Crippen molar-refractivity contribution in [3.63, 3.8) is 0 Å². The van der Waals surface area contributed by atoms with Gasteiger partial charge >= 0.3 is 0 Å². The van der Waals surface area contributed by atoms with Crippen molar-refractivity contribution in [1.29, 1.82) is 5.41 Å². The van der Waals surface area contributed by atoms with Gasteiger partial charge in [-0.3, -0.25) is 9.59 Å². The number of piperidine rings is 1. The van der Waals surface area contributed by atoms with E-state index in [0.29, 0.717) is 66.2 Å². The maximum Gasteiger partial charge on any atom is 0.228 e. The van der Waals surface area contributed by atoms with Crippen LogP contribution < -0.4 is 19.9 Å². The maximum absolute atomic E-state index is 13.6. The van der Waals surface area contributed by atoms with Crippen molar-refractivity contribution in [2.24, 2.45) is 5.73 Å². The van der Waals surface area contributed by atoms with Gasteiger partial charge in [0.1, 0.15) is 0 Å². The van der Waals surface area contributed by atoms with Crippen molar-refractivity contribution >= 4 is 40.6 Å². The van der Waals surface area contributed by atoms with E-state index in [-0.39, 0.29) is 23.6 Å². The third-order valence-electron chi connectivity index (χ3n) is 8.87. The second-order valence-electron chi connectivity index (χ2n) is 11.5. The number of hydrogen-bond donors (Lipinski definition) is 2. The Kier molecular flexibility index (Phi) is 10.6. The Labute approximate surface area is 268 Å². The molecule has 0 aliphatic carbocycles. The number of hydrogen-bond acceptors (Lipinski definition) is 7. The van der Waals surface area contributed by atoms with E-state index >= 15 is 0 Å². The van der Waals surface area contributed by atoms with E-state index in [0.717, 1.165) is 11.1 Å². The number of carbonyl (C=O) groups excluding carboxylic acids is 2. The van der Waals surface area contributed by atoms with Crippen LogP contribution >= 0.6 is 23.2 Å². The SMILES string of the molecule is COc1cc(C(=O)C(=N)CC(C)(CCN2CCC(C(N)=O)(c3ccccc3)CC2)c2ccc(Cl)c(Cl)c2)cc(OC)c1OC. The van der Waals surface area contributed by atoms with Gasteiger partial charge in [-0.15, -0.1) is 0 Å². The number of rotatable bonds is 13. The van der Waals surface area contributed by atoms with Gasteiger partial charge in [0.15, 0.2) is 11.5 Å². The van der Waals surface area contributed by atoms with Gasteiger partial charge in [-0.05, 0) is 79.7 Å². The topological polar surface area (TPSA) is 115 Å². The first-order valence-electron chi connectivity index (χ1n) is 14.4. The minimum atomic E-state index is -0.695. The molecule has 1 heterocycles. The Hall–Kier alpha value is -3.59. The second kappa shape index (κ2) is 14.0. The molecule has 10 heteroatoms. The van der Waals surface area contributed by atoms with Crippen LogP contribution in [0.25, 0.3) is 0 Å². The van der Waals surface area contributed by atoms with E-state index in [4.69, 9.17) is 48.6 Å². The Morgan fingerprint density at radius 1 is 0.932 bits per heavy atom. The van der Waals surface area contributed by atoms with Crippen LogP contribution in [0.2, 0.25) is 10.0 Å². The average Bonchev–Trinajstić information content (AvgIpc) is 3.04. The minimum Gasteiger partial charge on any atom is -0.493 e. The van der Waals surface area contributed by atoms with Gasteiger partial charge in [-0.2, -0.15) is 0 Å². The van der Waals surface area contributed by atoms with Gasteiger partial charge in [-0.1, -0.05) is 66.5 Å². The van der Waals surface area contributed by atoms with Gasteiger partial charge in [0.05, 0.1) is 42.5 Å². The molecule has 3 N–H and O–H groups in total. The molecule has 234 valence electrons. The fourth-order valence-corrected chi connectivity index (χ4v) is 6.36. The van der Waals surface area contributed by atoms with Crippen LogP contribution in [0.15, 0.2) is 60.7 Å². The molecule has 0 saturated carbocycles. The van der Waals surface area contributed by atoms with Gasteiger partial charge in [0, 0.05) is 12.0 Å². The number of benzene rings is 3.